The Morgan fingerprint density at radius 2 is 1.85 bits per heavy atom. The van der Waals surface area contributed by atoms with Crippen LogP contribution in [0.2, 0.25) is 0 Å². The number of alkyl halides is 3. The fraction of sp³-hybridized carbons (Fsp3) is 0.333. The molecule has 1 aliphatic heterocycles. The molecule has 1 atom stereocenters. The predicted molar refractivity (Wildman–Crippen MR) is 63.2 cm³/mol. The maximum atomic E-state index is 12.0. The van der Waals surface area contributed by atoms with Gasteiger partial charge in [-0.1, -0.05) is 6.92 Å². The van der Waals surface area contributed by atoms with Crippen LogP contribution in [0.25, 0.3) is 0 Å². The first-order valence-electron chi connectivity index (χ1n) is 5.75. The number of hydrogen-bond acceptors (Lipinski definition) is 3. The van der Waals surface area contributed by atoms with Gasteiger partial charge >= 0.3 is 12.4 Å². The maximum Gasteiger partial charge on any atom is 0.573 e. The second-order valence-corrected chi connectivity index (χ2v) is 4.30. The van der Waals surface area contributed by atoms with Crippen LogP contribution in [0.15, 0.2) is 24.3 Å². The fourth-order valence-corrected chi connectivity index (χ4v) is 1.77. The van der Waals surface area contributed by atoms with E-state index < -0.39 is 24.1 Å². The number of imide groups is 1. The molecule has 1 unspecified atom stereocenters. The van der Waals surface area contributed by atoms with Crippen molar-refractivity contribution in [2.24, 2.45) is 5.92 Å². The van der Waals surface area contributed by atoms with Gasteiger partial charge in [-0.15, -0.1) is 13.2 Å². The van der Waals surface area contributed by atoms with Crippen LogP contribution in [0, 0.1) is 5.92 Å². The van der Waals surface area contributed by atoms with Crippen LogP contribution in [0.3, 0.4) is 0 Å². The molecule has 8 heteroatoms. The Bertz CT molecular complexity index is 528. The number of carbonyl (C=O) groups excluding carboxylic acids is 2. The molecule has 0 radical (unpaired) electrons. The number of carbonyl (C=O) groups is 2. The maximum absolute atomic E-state index is 12.0. The van der Waals surface area contributed by atoms with Crippen LogP contribution < -0.4 is 15.0 Å². The molecule has 1 aliphatic rings. The molecule has 0 aromatic heterocycles. The molecular formula is C12H11F3N2O3. The molecule has 108 valence electrons. The van der Waals surface area contributed by atoms with E-state index in [2.05, 4.69) is 10.1 Å². The van der Waals surface area contributed by atoms with E-state index in [1.807, 2.05) is 0 Å². The van der Waals surface area contributed by atoms with Gasteiger partial charge in [0, 0.05) is 6.54 Å². The molecule has 1 fully saturated rings. The van der Waals surface area contributed by atoms with Gasteiger partial charge in [0.15, 0.2) is 0 Å². The molecule has 0 spiro atoms. The summed E-state index contributed by atoms with van der Waals surface area (Å²) in [6.07, 6.45) is -4.78. The van der Waals surface area contributed by atoms with Crippen molar-refractivity contribution in [2.75, 3.05) is 11.4 Å². The first-order chi connectivity index (χ1) is 9.28. The third-order valence-corrected chi connectivity index (χ3v) is 2.73. The van der Waals surface area contributed by atoms with Gasteiger partial charge in [-0.3, -0.25) is 4.79 Å². The average molecular weight is 288 g/mol. The lowest BCUT2D eigenvalue weighted by molar-refractivity contribution is -0.274. The number of nitrogens with one attached hydrogen (secondary N) is 1. The van der Waals surface area contributed by atoms with E-state index in [0.717, 1.165) is 17.0 Å². The summed E-state index contributed by atoms with van der Waals surface area (Å²) in [6, 6.07) is 3.93. The van der Waals surface area contributed by atoms with E-state index in [4.69, 9.17) is 0 Å². The van der Waals surface area contributed by atoms with Gasteiger partial charge in [-0.2, -0.15) is 0 Å². The van der Waals surface area contributed by atoms with Gasteiger partial charge in [-0.05, 0) is 24.3 Å². The number of urea groups is 1. The van der Waals surface area contributed by atoms with E-state index in [-0.39, 0.29) is 18.2 Å². The molecule has 0 aliphatic carbocycles. The molecule has 1 N–H and O–H groups in total. The van der Waals surface area contributed by atoms with Gasteiger partial charge in [0.1, 0.15) is 5.75 Å². The van der Waals surface area contributed by atoms with Crippen LogP contribution >= 0.6 is 0 Å². The Balaban J connectivity index is 2.20. The van der Waals surface area contributed by atoms with E-state index in [1.54, 1.807) is 6.92 Å². The molecule has 0 saturated carbocycles. The fourth-order valence-electron chi connectivity index (χ4n) is 1.77. The Labute approximate surface area is 112 Å². The number of anilines is 1. The summed E-state index contributed by atoms with van der Waals surface area (Å²) in [5, 5.41) is 2.52. The van der Waals surface area contributed by atoms with Gasteiger partial charge in [-0.25, -0.2) is 9.69 Å². The normalized spacial score (nSPS) is 19.8. The van der Waals surface area contributed by atoms with Crippen molar-refractivity contribution in [1.29, 1.82) is 0 Å². The van der Waals surface area contributed by atoms with E-state index in [1.165, 1.54) is 12.1 Å². The van der Waals surface area contributed by atoms with E-state index in [0.29, 0.717) is 0 Å². The van der Waals surface area contributed by atoms with E-state index >= 15 is 0 Å². The van der Waals surface area contributed by atoms with Gasteiger partial charge in [0.25, 0.3) is 0 Å². The highest BCUT2D eigenvalue weighted by Gasteiger charge is 2.33. The number of nitrogens with zero attached hydrogens (tertiary/aromatic N) is 1. The highest BCUT2D eigenvalue weighted by molar-refractivity contribution is 6.16. The summed E-state index contributed by atoms with van der Waals surface area (Å²) >= 11 is 0. The summed E-state index contributed by atoms with van der Waals surface area (Å²) in [6.45, 7) is 1.89. The molecule has 0 bridgehead atoms. The lowest BCUT2D eigenvalue weighted by Crippen LogP contribution is -2.54. The van der Waals surface area contributed by atoms with Crippen molar-refractivity contribution < 1.29 is 27.5 Å². The minimum absolute atomic E-state index is 0.188. The van der Waals surface area contributed by atoms with Crippen LogP contribution in [0.4, 0.5) is 23.7 Å². The summed E-state index contributed by atoms with van der Waals surface area (Å²) < 4.78 is 39.8. The summed E-state index contributed by atoms with van der Waals surface area (Å²) in [7, 11) is 0. The average Bonchev–Trinajstić information content (AvgIpc) is 2.35. The minimum atomic E-state index is -4.78. The molecule has 1 saturated heterocycles. The SMILES string of the molecule is CC1CNC(=O)N(c2ccc(OC(F)(F)F)cc2)C1=O. The Morgan fingerprint density at radius 1 is 1.25 bits per heavy atom. The zero-order valence-corrected chi connectivity index (χ0v) is 10.4. The summed E-state index contributed by atoms with van der Waals surface area (Å²) in [5.41, 5.74) is 0.188. The number of amides is 3. The zero-order chi connectivity index (χ0) is 14.9. The third-order valence-electron chi connectivity index (χ3n) is 2.73. The molecule has 2 rings (SSSR count). The number of hydrogen-bond donors (Lipinski definition) is 1. The second-order valence-electron chi connectivity index (χ2n) is 4.30. The van der Waals surface area contributed by atoms with Crippen molar-refractivity contribution in [3.8, 4) is 5.75 Å². The van der Waals surface area contributed by atoms with Crippen molar-refractivity contribution >= 4 is 17.6 Å². The van der Waals surface area contributed by atoms with Crippen molar-refractivity contribution in [1.82, 2.24) is 5.32 Å². The quantitative estimate of drug-likeness (QED) is 0.908. The standard InChI is InChI=1S/C12H11F3N2O3/c1-7-6-16-11(19)17(10(7)18)8-2-4-9(5-3-8)20-12(13,14)15/h2-5,7H,6H2,1H3,(H,16,19). The second kappa shape index (κ2) is 5.03. The number of halogens is 3. The monoisotopic (exact) mass is 288 g/mol. The predicted octanol–water partition coefficient (Wildman–Crippen LogP) is 2.28. The highest BCUT2D eigenvalue weighted by Crippen LogP contribution is 2.26. The lowest BCUT2D eigenvalue weighted by Gasteiger charge is -2.29. The first-order valence-corrected chi connectivity index (χ1v) is 5.75. The summed E-state index contributed by atoms with van der Waals surface area (Å²) in [5.74, 6) is -1.21. The Kier molecular flexibility index (Phi) is 3.56. The molecular weight excluding hydrogens is 277 g/mol. The van der Waals surface area contributed by atoms with E-state index in [9.17, 15) is 22.8 Å². The zero-order valence-electron chi connectivity index (χ0n) is 10.4. The Hall–Kier alpha value is -2.25. The minimum Gasteiger partial charge on any atom is -0.406 e. The largest absolute Gasteiger partial charge is 0.573 e. The first kappa shape index (κ1) is 14.2. The molecule has 3 amide bonds. The van der Waals surface area contributed by atoms with Crippen LogP contribution in [-0.4, -0.2) is 24.8 Å². The van der Waals surface area contributed by atoms with Crippen molar-refractivity contribution in [2.45, 2.75) is 13.3 Å². The van der Waals surface area contributed by atoms with Crippen LogP contribution in [0.1, 0.15) is 6.92 Å². The van der Waals surface area contributed by atoms with Gasteiger partial charge < -0.3 is 10.1 Å². The highest BCUT2D eigenvalue weighted by atomic mass is 19.4. The van der Waals surface area contributed by atoms with Crippen LogP contribution in [0.5, 0.6) is 5.75 Å². The molecule has 5 nitrogen and oxygen atoms in total. The number of rotatable bonds is 2. The smallest absolute Gasteiger partial charge is 0.406 e. The third kappa shape index (κ3) is 3.01. The van der Waals surface area contributed by atoms with Crippen molar-refractivity contribution in [3.63, 3.8) is 0 Å². The molecule has 20 heavy (non-hydrogen) atoms. The molecule has 1 aromatic carbocycles. The van der Waals surface area contributed by atoms with Gasteiger partial charge in [0.2, 0.25) is 5.91 Å². The van der Waals surface area contributed by atoms with Crippen LogP contribution in [-0.2, 0) is 4.79 Å². The summed E-state index contributed by atoms with van der Waals surface area (Å²) in [4.78, 5) is 24.4. The van der Waals surface area contributed by atoms with Gasteiger partial charge in [0.05, 0.1) is 11.6 Å². The molecule has 1 heterocycles. The topological polar surface area (TPSA) is 58.6 Å². The molecule has 1 aromatic rings. The Morgan fingerprint density at radius 3 is 2.40 bits per heavy atom. The lowest BCUT2D eigenvalue weighted by atomic mass is 10.1. The van der Waals surface area contributed by atoms with Crippen molar-refractivity contribution in [3.05, 3.63) is 24.3 Å². The number of benzene rings is 1. The number of ether oxygens (including phenoxy) is 1.